The number of allylic oxidation sites excluding steroid dienone is 1. The monoisotopic (exact) mass is 422 g/mol. The Bertz CT molecular complexity index is 973. The van der Waals surface area contributed by atoms with Crippen molar-refractivity contribution in [2.24, 2.45) is 0 Å². The smallest absolute Gasteiger partial charge is 0.224 e. The van der Waals surface area contributed by atoms with Gasteiger partial charge < -0.3 is 11.1 Å². The van der Waals surface area contributed by atoms with Crippen LogP contribution in [0.4, 0.5) is 11.4 Å². The number of rotatable bonds is 11. The van der Waals surface area contributed by atoms with Gasteiger partial charge in [-0.25, -0.2) is 0 Å². The summed E-state index contributed by atoms with van der Waals surface area (Å²) in [4.78, 5) is 16.1. The highest BCUT2D eigenvalue weighted by atomic mass is 32.2. The van der Waals surface area contributed by atoms with Crippen molar-refractivity contribution in [3.63, 3.8) is 0 Å². The van der Waals surface area contributed by atoms with E-state index in [1.807, 2.05) is 36.4 Å². The zero-order valence-corrected chi connectivity index (χ0v) is 17.6. The molecular formula is C22H26N6OS. The number of carbonyl (C=O) groups is 1. The van der Waals surface area contributed by atoms with Gasteiger partial charge >= 0.3 is 0 Å². The average Bonchev–Trinajstić information content (AvgIpc) is 3.16. The Labute approximate surface area is 180 Å². The third-order valence-corrected chi connectivity index (χ3v) is 5.53. The zero-order valence-electron chi connectivity index (χ0n) is 16.8. The SMILES string of the molecule is C=CCn1c(SCCCCCC(=O)Nc2ccccc2N)nnc1-c1ccncc1. The molecule has 0 fully saturated rings. The highest BCUT2D eigenvalue weighted by molar-refractivity contribution is 7.99. The van der Waals surface area contributed by atoms with Crippen molar-refractivity contribution in [1.29, 1.82) is 0 Å². The van der Waals surface area contributed by atoms with Gasteiger partial charge in [-0.1, -0.05) is 36.4 Å². The molecule has 2 aromatic heterocycles. The Morgan fingerprint density at radius 1 is 1.13 bits per heavy atom. The summed E-state index contributed by atoms with van der Waals surface area (Å²) in [6.07, 6.45) is 8.62. The quantitative estimate of drug-likeness (QED) is 0.206. The van der Waals surface area contributed by atoms with Crippen molar-refractivity contribution in [3.05, 3.63) is 61.4 Å². The van der Waals surface area contributed by atoms with Gasteiger partial charge in [0.1, 0.15) is 0 Å². The van der Waals surface area contributed by atoms with Crippen LogP contribution in [0.5, 0.6) is 0 Å². The molecule has 0 aliphatic carbocycles. The molecule has 3 aromatic rings. The Kier molecular flexibility index (Phi) is 8.02. The van der Waals surface area contributed by atoms with Gasteiger partial charge in [0, 0.05) is 36.7 Å². The predicted octanol–water partition coefficient (Wildman–Crippen LogP) is 4.40. The lowest BCUT2D eigenvalue weighted by molar-refractivity contribution is -0.116. The Morgan fingerprint density at radius 3 is 2.70 bits per heavy atom. The molecule has 0 unspecified atom stereocenters. The van der Waals surface area contributed by atoms with Gasteiger partial charge in [0.2, 0.25) is 5.91 Å². The van der Waals surface area contributed by atoms with Crippen molar-refractivity contribution < 1.29 is 4.79 Å². The average molecular weight is 423 g/mol. The first kappa shape index (κ1) is 21.6. The molecule has 1 amide bonds. The van der Waals surface area contributed by atoms with Gasteiger partial charge in [-0.05, 0) is 37.1 Å². The van der Waals surface area contributed by atoms with E-state index in [-0.39, 0.29) is 5.91 Å². The van der Waals surface area contributed by atoms with Gasteiger partial charge in [0.15, 0.2) is 11.0 Å². The first-order chi connectivity index (χ1) is 14.7. The van der Waals surface area contributed by atoms with Crippen LogP contribution in [0.15, 0.2) is 66.6 Å². The van der Waals surface area contributed by atoms with Gasteiger partial charge in [-0.2, -0.15) is 0 Å². The number of aromatic nitrogens is 4. The maximum absolute atomic E-state index is 12.1. The van der Waals surface area contributed by atoms with E-state index in [1.54, 1.807) is 30.2 Å². The largest absolute Gasteiger partial charge is 0.397 e. The lowest BCUT2D eigenvalue weighted by Gasteiger charge is -2.08. The molecule has 0 radical (unpaired) electrons. The normalized spacial score (nSPS) is 10.7. The number of hydrogen-bond acceptors (Lipinski definition) is 6. The summed E-state index contributed by atoms with van der Waals surface area (Å²) in [5.41, 5.74) is 8.09. The van der Waals surface area contributed by atoms with Gasteiger partial charge in [-0.15, -0.1) is 16.8 Å². The van der Waals surface area contributed by atoms with Crippen LogP contribution in [0.1, 0.15) is 25.7 Å². The van der Waals surface area contributed by atoms with E-state index in [0.29, 0.717) is 24.3 Å². The van der Waals surface area contributed by atoms with E-state index in [1.165, 1.54) is 0 Å². The van der Waals surface area contributed by atoms with Crippen LogP contribution in [0.25, 0.3) is 11.4 Å². The Hall–Kier alpha value is -3.13. The molecule has 7 nitrogen and oxygen atoms in total. The highest BCUT2D eigenvalue weighted by Crippen LogP contribution is 2.24. The second-order valence-electron chi connectivity index (χ2n) is 6.74. The summed E-state index contributed by atoms with van der Waals surface area (Å²) < 4.78 is 2.06. The van der Waals surface area contributed by atoms with Crippen LogP contribution in [-0.4, -0.2) is 31.4 Å². The fourth-order valence-electron chi connectivity index (χ4n) is 2.96. The Morgan fingerprint density at radius 2 is 1.93 bits per heavy atom. The molecule has 3 N–H and O–H groups in total. The minimum atomic E-state index is -0.00623. The van der Waals surface area contributed by atoms with Crippen LogP contribution in [-0.2, 0) is 11.3 Å². The predicted molar refractivity (Wildman–Crippen MR) is 122 cm³/mol. The molecule has 3 rings (SSSR count). The molecule has 0 aliphatic heterocycles. The molecule has 0 atom stereocenters. The Balaban J connectivity index is 1.42. The number of nitrogen functional groups attached to an aromatic ring is 1. The van der Waals surface area contributed by atoms with Crippen LogP contribution < -0.4 is 11.1 Å². The van der Waals surface area contributed by atoms with Crippen molar-refractivity contribution >= 4 is 29.0 Å². The second kappa shape index (κ2) is 11.2. The molecular weight excluding hydrogens is 396 g/mol. The summed E-state index contributed by atoms with van der Waals surface area (Å²) in [6, 6.07) is 11.1. The van der Waals surface area contributed by atoms with Crippen molar-refractivity contribution in [1.82, 2.24) is 19.7 Å². The van der Waals surface area contributed by atoms with Crippen LogP contribution >= 0.6 is 11.8 Å². The molecule has 8 heteroatoms. The lowest BCUT2D eigenvalue weighted by Crippen LogP contribution is -2.12. The molecule has 2 heterocycles. The molecule has 30 heavy (non-hydrogen) atoms. The molecule has 156 valence electrons. The number of pyridine rings is 1. The molecule has 1 aromatic carbocycles. The minimum Gasteiger partial charge on any atom is -0.397 e. The third kappa shape index (κ3) is 5.93. The number of benzene rings is 1. The molecule has 0 spiro atoms. The summed E-state index contributed by atoms with van der Waals surface area (Å²) in [7, 11) is 0. The zero-order chi connectivity index (χ0) is 21.2. The van der Waals surface area contributed by atoms with Gasteiger partial charge in [-0.3, -0.25) is 14.3 Å². The van der Waals surface area contributed by atoms with Crippen molar-refractivity contribution in [3.8, 4) is 11.4 Å². The van der Waals surface area contributed by atoms with Crippen molar-refractivity contribution in [2.45, 2.75) is 37.4 Å². The number of nitrogens with one attached hydrogen (secondary N) is 1. The standard InChI is InChI=1S/C22H26N6OS/c1-2-15-28-21(17-11-13-24-14-12-17)26-27-22(28)30-16-7-3-4-10-20(29)25-19-9-6-5-8-18(19)23/h2,5-6,8-9,11-14H,1,3-4,7,10,15-16,23H2,(H,25,29). The number of nitrogens with two attached hydrogens (primary N) is 1. The minimum absolute atomic E-state index is 0.00623. The summed E-state index contributed by atoms with van der Waals surface area (Å²) >= 11 is 1.67. The number of nitrogens with zero attached hydrogens (tertiary/aromatic N) is 4. The van der Waals surface area contributed by atoms with E-state index < -0.39 is 0 Å². The van der Waals surface area contributed by atoms with E-state index in [9.17, 15) is 4.79 Å². The number of anilines is 2. The van der Waals surface area contributed by atoms with Crippen LogP contribution in [0, 0.1) is 0 Å². The first-order valence-electron chi connectivity index (χ1n) is 9.90. The fourth-order valence-corrected chi connectivity index (χ4v) is 3.90. The van der Waals surface area contributed by atoms with Crippen molar-refractivity contribution in [2.75, 3.05) is 16.8 Å². The lowest BCUT2D eigenvalue weighted by atomic mass is 10.2. The third-order valence-electron chi connectivity index (χ3n) is 4.48. The number of carbonyl (C=O) groups excluding carboxylic acids is 1. The van der Waals surface area contributed by atoms with E-state index >= 15 is 0 Å². The van der Waals surface area contributed by atoms with E-state index in [0.717, 1.165) is 41.6 Å². The van der Waals surface area contributed by atoms with E-state index in [4.69, 9.17) is 5.73 Å². The summed E-state index contributed by atoms with van der Waals surface area (Å²) in [5, 5.41) is 12.4. The highest BCUT2D eigenvalue weighted by Gasteiger charge is 2.13. The summed E-state index contributed by atoms with van der Waals surface area (Å²) in [6.45, 7) is 4.49. The second-order valence-corrected chi connectivity index (χ2v) is 7.80. The maximum Gasteiger partial charge on any atom is 0.224 e. The molecule has 0 aliphatic rings. The topological polar surface area (TPSA) is 98.7 Å². The molecule has 0 saturated heterocycles. The number of amides is 1. The fraction of sp³-hybridized carbons (Fsp3) is 0.273. The number of hydrogen-bond donors (Lipinski definition) is 2. The van der Waals surface area contributed by atoms with Crippen LogP contribution in [0.3, 0.4) is 0 Å². The van der Waals surface area contributed by atoms with Gasteiger partial charge in [0.25, 0.3) is 0 Å². The number of para-hydroxylation sites is 2. The van der Waals surface area contributed by atoms with E-state index in [2.05, 4.69) is 31.6 Å². The summed E-state index contributed by atoms with van der Waals surface area (Å²) in [5.74, 6) is 1.73. The maximum atomic E-state index is 12.1. The first-order valence-corrected chi connectivity index (χ1v) is 10.9. The molecule has 0 saturated carbocycles. The number of thioether (sulfide) groups is 1. The van der Waals surface area contributed by atoms with Crippen LogP contribution in [0.2, 0.25) is 0 Å². The number of unbranched alkanes of at least 4 members (excludes halogenated alkanes) is 2. The van der Waals surface area contributed by atoms with Gasteiger partial charge in [0.05, 0.1) is 11.4 Å². The molecule has 0 bridgehead atoms.